The Kier molecular flexibility index (Phi) is 4.86. The van der Waals surface area contributed by atoms with Crippen LogP contribution in [0.5, 0.6) is 0 Å². The summed E-state index contributed by atoms with van der Waals surface area (Å²) < 4.78 is 1.76. The highest BCUT2D eigenvalue weighted by Crippen LogP contribution is 2.18. The molecular weight excluding hydrogens is 314 g/mol. The van der Waals surface area contributed by atoms with Crippen LogP contribution in [0.1, 0.15) is 35.5 Å². The fourth-order valence-corrected chi connectivity index (χ4v) is 2.97. The SMILES string of the molecule is Cc1ccc(C(C)NC(=O)Cn2c(CO)nc3ccccc32)cc1C. The molecule has 1 heterocycles. The van der Waals surface area contributed by atoms with Crippen molar-refractivity contribution < 1.29 is 9.90 Å². The first-order chi connectivity index (χ1) is 12.0. The van der Waals surface area contributed by atoms with E-state index in [4.69, 9.17) is 0 Å². The predicted octanol–water partition coefficient (Wildman–Crippen LogP) is 3.02. The van der Waals surface area contributed by atoms with Gasteiger partial charge < -0.3 is 15.0 Å². The van der Waals surface area contributed by atoms with E-state index in [9.17, 15) is 9.90 Å². The molecule has 0 aliphatic heterocycles. The van der Waals surface area contributed by atoms with Gasteiger partial charge in [-0.25, -0.2) is 4.98 Å². The van der Waals surface area contributed by atoms with Gasteiger partial charge >= 0.3 is 0 Å². The van der Waals surface area contributed by atoms with Crippen LogP contribution in [0.15, 0.2) is 42.5 Å². The van der Waals surface area contributed by atoms with Crippen molar-refractivity contribution in [2.75, 3.05) is 0 Å². The standard InChI is InChI=1S/C20H23N3O2/c1-13-8-9-16(10-14(13)2)15(3)21-20(25)11-23-18-7-5-4-6-17(18)22-19(23)12-24/h4-10,15,24H,11-12H2,1-3H3,(H,21,25). The van der Waals surface area contributed by atoms with Gasteiger partial charge in [0, 0.05) is 0 Å². The Balaban J connectivity index is 1.77. The Bertz CT molecular complexity index is 914. The highest BCUT2D eigenvalue weighted by atomic mass is 16.3. The summed E-state index contributed by atoms with van der Waals surface area (Å²) in [6.45, 7) is 6.04. The van der Waals surface area contributed by atoms with E-state index in [0.29, 0.717) is 5.82 Å². The van der Waals surface area contributed by atoms with E-state index in [1.54, 1.807) is 4.57 Å². The van der Waals surface area contributed by atoms with Crippen molar-refractivity contribution in [3.8, 4) is 0 Å². The molecule has 0 spiro atoms. The molecule has 0 saturated heterocycles. The lowest BCUT2D eigenvalue weighted by Crippen LogP contribution is -2.30. The molecule has 130 valence electrons. The molecule has 0 saturated carbocycles. The molecule has 3 aromatic rings. The van der Waals surface area contributed by atoms with E-state index < -0.39 is 0 Å². The molecule has 5 nitrogen and oxygen atoms in total. The Morgan fingerprint density at radius 2 is 1.96 bits per heavy atom. The quantitative estimate of drug-likeness (QED) is 0.752. The van der Waals surface area contributed by atoms with E-state index in [1.165, 1.54) is 11.1 Å². The molecule has 0 aliphatic rings. The monoisotopic (exact) mass is 337 g/mol. The average Bonchev–Trinajstić information content (AvgIpc) is 2.95. The number of rotatable bonds is 5. The van der Waals surface area contributed by atoms with Crippen molar-refractivity contribution in [2.24, 2.45) is 0 Å². The summed E-state index contributed by atoms with van der Waals surface area (Å²) >= 11 is 0. The smallest absolute Gasteiger partial charge is 0.240 e. The number of carbonyl (C=O) groups excluding carboxylic acids is 1. The Morgan fingerprint density at radius 3 is 2.68 bits per heavy atom. The van der Waals surface area contributed by atoms with Crippen molar-refractivity contribution >= 4 is 16.9 Å². The number of aryl methyl sites for hydroxylation is 2. The number of carbonyl (C=O) groups is 1. The fourth-order valence-electron chi connectivity index (χ4n) is 2.97. The summed E-state index contributed by atoms with van der Waals surface area (Å²) in [4.78, 5) is 16.9. The Labute approximate surface area is 147 Å². The van der Waals surface area contributed by atoms with E-state index in [0.717, 1.165) is 16.6 Å². The molecule has 2 aromatic carbocycles. The minimum Gasteiger partial charge on any atom is -0.388 e. The maximum Gasteiger partial charge on any atom is 0.240 e. The van der Waals surface area contributed by atoms with Crippen molar-refractivity contribution in [1.82, 2.24) is 14.9 Å². The van der Waals surface area contributed by atoms with Crippen LogP contribution in [-0.4, -0.2) is 20.6 Å². The number of para-hydroxylation sites is 2. The number of aliphatic hydroxyl groups excluding tert-OH is 1. The molecule has 0 radical (unpaired) electrons. The fraction of sp³-hybridized carbons (Fsp3) is 0.300. The summed E-state index contributed by atoms with van der Waals surface area (Å²) in [7, 11) is 0. The number of nitrogens with zero attached hydrogens (tertiary/aromatic N) is 2. The lowest BCUT2D eigenvalue weighted by Gasteiger charge is -2.16. The average molecular weight is 337 g/mol. The highest BCUT2D eigenvalue weighted by Gasteiger charge is 2.15. The van der Waals surface area contributed by atoms with Gasteiger partial charge in [0.2, 0.25) is 5.91 Å². The maximum absolute atomic E-state index is 12.5. The molecule has 3 rings (SSSR count). The molecule has 25 heavy (non-hydrogen) atoms. The number of aromatic nitrogens is 2. The van der Waals surface area contributed by atoms with Crippen LogP contribution in [0.2, 0.25) is 0 Å². The van der Waals surface area contributed by atoms with Gasteiger partial charge in [0.25, 0.3) is 0 Å². The largest absolute Gasteiger partial charge is 0.388 e. The molecule has 5 heteroatoms. The van der Waals surface area contributed by atoms with E-state index >= 15 is 0 Å². The van der Waals surface area contributed by atoms with Crippen LogP contribution in [0.25, 0.3) is 11.0 Å². The van der Waals surface area contributed by atoms with Crippen molar-refractivity contribution in [1.29, 1.82) is 0 Å². The third-order valence-corrected chi connectivity index (χ3v) is 4.59. The summed E-state index contributed by atoms with van der Waals surface area (Å²) in [5.41, 5.74) is 5.15. The highest BCUT2D eigenvalue weighted by molar-refractivity contribution is 5.81. The van der Waals surface area contributed by atoms with Gasteiger partial charge in [-0.3, -0.25) is 4.79 Å². The second kappa shape index (κ2) is 7.07. The first kappa shape index (κ1) is 17.2. The molecule has 2 N–H and O–H groups in total. The zero-order valence-electron chi connectivity index (χ0n) is 14.8. The van der Waals surface area contributed by atoms with Gasteiger partial charge in [0.15, 0.2) is 0 Å². The number of imidazole rings is 1. The van der Waals surface area contributed by atoms with Crippen LogP contribution in [0, 0.1) is 13.8 Å². The van der Waals surface area contributed by atoms with Gasteiger partial charge in [-0.2, -0.15) is 0 Å². The zero-order valence-corrected chi connectivity index (χ0v) is 14.8. The molecule has 0 fully saturated rings. The topological polar surface area (TPSA) is 67.2 Å². The number of benzene rings is 2. The zero-order chi connectivity index (χ0) is 18.0. The molecule has 1 atom stereocenters. The summed E-state index contributed by atoms with van der Waals surface area (Å²) in [6.07, 6.45) is 0. The first-order valence-electron chi connectivity index (χ1n) is 8.41. The minimum atomic E-state index is -0.200. The number of fused-ring (bicyclic) bond motifs is 1. The number of aliphatic hydroxyl groups is 1. The maximum atomic E-state index is 12.5. The number of hydrogen-bond donors (Lipinski definition) is 2. The third kappa shape index (κ3) is 3.56. The Hall–Kier alpha value is -2.66. The predicted molar refractivity (Wildman–Crippen MR) is 98.1 cm³/mol. The van der Waals surface area contributed by atoms with Gasteiger partial charge in [-0.15, -0.1) is 0 Å². The summed E-state index contributed by atoms with van der Waals surface area (Å²) in [5, 5.41) is 12.6. The molecule has 1 unspecified atom stereocenters. The van der Waals surface area contributed by atoms with Crippen molar-refractivity contribution in [2.45, 2.75) is 40.0 Å². The molecule has 0 aliphatic carbocycles. The van der Waals surface area contributed by atoms with Crippen LogP contribution in [0.3, 0.4) is 0 Å². The molecule has 1 aromatic heterocycles. The van der Waals surface area contributed by atoms with Gasteiger partial charge in [-0.05, 0) is 49.6 Å². The molecular formula is C20H23N3O2. The van der Waals surface area contributed by atoms with Crippen LogP contribution < -0.4 is 5.32 Å². The van der Waals surface area contributed by atoms with Crippen LogP contribution >= 0.6 is 0 Å². The van der Waals surface area contributed by atoms with E-state index in [-0.39, 0.29) is 25.1 Å². The van der Waals surface area contributed by atoms with Crippen molar-refractivity contribution in [3.05, 3.63) is 65.0 Å². The Morgan fingerprint density at radius 1 is 1.20 bits per heavy atom. The summed E-state index contributed by atoms with van der Waals surface area (Å²) in [5.74, 6) is 0.388. The van der Waals surface area contributed by atoms with Gasteiger partial charge in [0.1, 0.15) is 19.0 Å². The molecule has 1 amide bonds. The second-order valence-electron chi connectivity index (χ2n) is 6.39. The van der Waals surface area contributed by atoms with E-state index in [2.05, 4.69) is 36.3 Å². The van der Waals surface area contributed by atoms with Crippen molar-refractivity contribution in [3.63, 3.8) is 0 Å². The molecule has 0 bridgehead atoms. The van der Waals surface area contributed by atoms with Crippen LogP contribution in [-0.2, 0) is 17.9 Å². The second-order valence-corrected chi connectivity index (χ2v) is 6.39. The third-order valence-electron chi connectivity index (χ3n) is 4.59. The minimum absolute atomic E-state index is 0.0841. The number of nitrogens with one attached hydrogen (secondary N) is 1. The van der Waals surface area contributed by atoms with Gasteiger partial charge in [0.05, 0.1) is 17.1 Å². The first-order valence-corrected chi connectivity index (χ1v) is 8.41. The number of hydrogen-bond acceptors (Lipinski definition) is 3. The summed E-state index contributed by atoms with van der Waals surface area (Å²) in [6, 6.07) is 13.7. The number of amides is 1. The van der Waals surface area contributed by atoms with E-state index in [1.807, 2.05) is 37.3 Å². The lowest BCUT2D eigenvalue weighted by molar-refractivity contribution is -0.122. The van der Waals surface area contributed by atoms with Gasteiger partial charge in [-0.1, -0.05) is 30.3 Å². The van der Waals surface area contributed by atoms with Crippen LogP contribution in [0.4, 0.5) is 0 Å². The lowest BCUT2D eigenvalue weighted by atomic mass is 10.0. The normalized spacial score (nSPS) is 12.3.